The number of aromatic nitrogens is 3. The maximum atomic E-state index is 12.0. The Morgan fingerprint density at radius 2 is 2.03 bits per heavy atom. The fourth-order valence-electron chi connectivity index (χ4n) is 4.84. The lowest BCUT2D eigenvalue weighted by Gasteiger charge is -2.22. The summed E-state index contributed by atoms with van der Waals surface area (Å²) < 4.78 is 7.68. The van der Waals surface area contributed by atoms with Crippen molar-refractivity contribution in [3.05, 3.63) is 65.0 Å². The summed E-state index contributed by atoms with van der Waals surface area (Å²) in [5.74, 6) is 0.817. The summed E-state index contributed by atoms with van der Waals surface area (Å²) in [5.41, 5.74) is 3.84. The minimum atomic E-state index is -0.351. The van der Waals surface area contributed by atoms with Crippen molar-refractivity contribution in [2.45, 2.75) is 12.5 Å². The summed E-state index contributed by atoms with van der Waals surface area (Å²) >= 11 is 0. The molecule has 0 unspecified atom stereocenters. The summed E-state index contributed by atoms with van der Waals surface area (Å²) in [4.78, 5) is 24.9. The van der Waals surface area contributed by atoms with Gasteiger partial charge in [0.15, 0.2) is 0 Å². The number of hydrogen-bond acceptors (Lipinski definition) is 8. The molecule has 1 N–H and O–H groups in total. The highest BCUT2D eigenvalue weighted by Crippen LogP contribution is 2.40. The zero-order valence-electron chi connectivity index (χ0n) is 20.8. The molecule has 2 aromatic carbocycles. The molecule has 3 heterocycles. The van der Waals surface area contributed by atoms with Crippen molar-refractivity contribution in [1.29, 1.82) is 0 Å². The number of nitro benzene ring substituents is 1. The number of nitro groups is 1. The van der Waals surface area contributed by atoms with Crippen molar-refractivity contribution in [2.75, 3.05) is 44.5 Å². The number of ether oxygens (including phenoxy) is 1. The molecule has 0 spiro atoms. The van der Waals surface area contributed by atoms with E-state index in [1.54, 1.807) is 19.4 Å². The number of methoxy groups -OCH3 is 1. The molecule has 0 bridgehead atoms. The Balaban J connectivity index is 1.49. The second-order valence-corrected chi connectivity index (χ2v) is 9.21. The van der Waals surface area contributed by atoms with Crippen LogP contribution < -0.4 is 15.0 Å². The van der Waals surface area contributed by atoms with Gasteiger partial charge >= 0.3 is 0 Å². The molecule has 0 aliphatic carbocycles. The molecule has 0 saturated carbocycles. The van der Waals surface area contributed by atoms with Gasteiger partial charge in [-0.05, 0) is 32.6 Å². The second kappa shape index (κ2) is 9.46. The Morgan fingerprint density at radius 3 is 2.75 bits per heavy atom. The number of nitrogens with zero attached hydrogens (tertiary/aromatic N) is 6. The lowest BCUT2D eigenvalue weighted by Crippen LogP contribution is -2.31. The zero-order valence-corrected chi connectivity index (χ0v) is 20.8. The molecular weight excluding hydrogens is 458 g/mol. The van der Waals surface area contributed by atoms with Crippen molar-refractivity contribution in [2.24, 2.45) is 7.05 Å². The zero-order chi connectivity index (χ0) is 25.4. The number of likely N-dealkylation sites (N-methyl/N-ethyl adjacent to an activating group) is 1. The van der Waals surface area contributed by atoms with Crippen LogP contribution in [0.4, 0.5) is 23.0 Å². The Labute approximate surface area is 209 Å². The van der Waals surface area contributed by atoms with E-state index in [-0.39, 0.29) is 10.6 Å². The molecule has 0 amide bonds. The SMILES string of the molecule is COc1cc(N2CC[C@H](N(C)C)C2)c([N+](=O)[O-])cc1Nc1nccc(-c2cn(C)c3ccccc23)n1. The summed E-state index contributed by atoms with van der Waals surface area (Å²) in [5, 5.41) is 16.3. The molecule has 1 aliphatic rings. The molecule has 1 aliphatic heterocycles. The first-order valence-corrected chi connectivity index (χ1v) is 11.8. The van der Waals surface area contributed by atoms with E-state index in [0.29, 0.717) is 29.1 Å². The number of aryl methyl sites for hydroxylation is 1. The van der Waals surface area contributed by atoms with Gasteiger partial charge in [0.2, 0.25) is 5.95 Å². The smallest absolute Gasteiger partial charge is 0.294 e. The molecule has 10 nitrogen and oxygen atoms in total. The predicted octanol–water partition coefficient (Wildman–Crippen LogP) is 4.44. The molecule has 5 rings (SSSR count). The highest BCUT2D eigenvalue weighted by molar-refractivity contribution is 5.95. The van der Waals surface area contributed by atoms with Crippen LogP contribution in [0.1, 0.15) is 6.42 Å². The molecule has 2 aromatic heterocycles. The summed E-state index contributed by atoms with van der Waals surface area (Å²) in [6.45, 7) is 1.47. The number of fused-ring (bicyclic) bond motifs is 1. The number of nitrogens with one attached hydrogen (secondary N) is 1. The van der Waals surface area contributed by atoms with Gasteiger partial charge < -0.3 is 24.4 Å². The van der Waals surface area contributed by atoms with Crippen LogP contribution in [0.2, 0.25) is 0 Å². The molecule has 1 saturated heterocycles. The van der Waals surface area contributed by atoms with Crippen LogP contribution in [0.15, 0.2) is 54.9 Å². The largest absolute Gasteiger partial charge is 0.494 e. The van der Waals surface area contributed by atoms with Gasteiger partial charge in [0.25, 0.3) is 5.69 Å². The molecule has 186 valence electrons. The van der Waals surface area contributed by atoms with Crippen molar-refractivity contribution in [1.82, 2.24) is 19.4 Å². The average molecular weight is 488 g/mol. The normalized spacial score (nSPS) is 15.6. The van der Waals surface area contributed by atoms with E-state index in [1.165, 1.54) is 6.07 Å². The first kappa shape index (κ1) is 23.6. The van der Waals surface area contributed by atoms with Crippen LogP contribution in [-0.4, -0.2) is 64.7 Å². The van der Waals surface area contributed by atoms with Gasteiger partial charge in [-0.2, -0.15) is 0 Å². The fraction of sp³-hybridized carbons (Fsp3) is 0.308. The van der Waals surface area contributed by atoms with Crippen LogP contribution in [0, 0.1) is 10.1 Å². The number of hydrogen-bond donors (Lipinski definition) is 1. The second-order valence-electron chi connectivity index (χ2n) is 9.21. The number of para-hydroxylation sites is 1. The molecule has 4 aromatic rings. The van der Waals surface area contributed by atoms with Crippen LogP contribution in [0.3, 0.4) is 0 Å². The summed E-state index contributed by atoms with van der Waals surface area (Å²) in [6.07, 6.45) is 4.66. The van der Waals surface area contributed by atoms with Gasteiger partial charge in [-0.25, -0.2) is 9.97 Å². The van der Waals surface area contributed by atoms with Gasteiger partial charge in [0.05, 0.1) is 23.4 Å². The number of anilines is 3. The average Bonchev–Trinajstić information content (AvgIpc) is 3.50. The Kier molecular flexibility index (Phi) is 6.19. The minimum absolute atomic E-state index is 0.0166. The van der Waals surface area contributed by atoms with Crippen molar-refractivity contribution in [3.8, 4) is 17.0 Å². The highest BCUT2D eigenvalue weighted by atomic mass is 16.6. The molecule has 1 atom stereocenters. The predicted molar refractivity (Wildman–Crippen MR) is 141 cm³/mol. The van der Waals surface area contributed by atoms with E-state index in [9.17, 15) is 10.1 Å². The maximum absolute atomic E-state index is 12.0. The minimum Gasteiger partial charge on any atom is -0.494 e. The van der Waals surface area contributed by atoms with Gasteiger partial charge in [-0.15, -0.1) is 0 Å². The van der Waals surface area contributed by atoms with E-state index >= 15 is 0 Å². The van der Waals surface area contributed by atoms with Crippen molar-refractivity contribution >= 4 is 33.9 Å². The molecule has 10 heteroatoms. The Bertz CT molecular complexity index is 1430. The number of rotatable bonds is 7. The molecule has 0 radical (unpaired) electrons. The standard InChI is InChI=1S/C26H29N7O3/c1-30(2)17-10-12-32(15-17)23-14-25(36-4)21(13-24(23)33(34)35)29-26-27-11-9-20(28-26)19-16-31(3)22-8-6-5-7-18(19)22/h5-9,11,13-14,16-17H,10,12,15H2,1-4H3,(H,27,28,29)/t17-/m0/s1. The third-order valence-corrected chi connectivity index (χ3v) is 6.80. The lowest BCUT2D eigenvalue weighted by molar-refractivity contribution is -0.384. The van der Waals surface area contributed by atoms with E-state index in [4.69, 9.17) is 9.72 Å². The Hall–Kier alpha value is -4.18. The monoisotopic (exact) mass is 487 g/mol. The fourth-order valence-corrected chi connectivity index (χ4v) is 4.84. The third kappa shape index (κ3) is 4.31. The molecule has 36 heavy (non-hydrogen) atoms. The van der Waals surface area contributed by atoms with Gasteiger partial charge in [-0.3, -0.25) is 10.1 Å². The number of benzene rings is 2. The Morgan fingerprint density at radius 1 is 1.22 bits per heavy atom. The first-order chi connectivity index (χ1) is 17.4. The molecule has 1 fully saturated rings. The molecular formula is C26H29N7O3. The highest BCUT2D eigenvalue weighted by Gasteiger charge is 2.30. The van der Waals surface area contributed by atoms with Gasteiger partial charge in [0, 0.05) is 67.2 Å². The van der Waals surface area contributed by atoms with Crippen LogP contribution in [0.25, 0.3) is 22.2 Å². The van der Waals surface area contributed by atoms with Crippen LogP contribution in [0.5, 0.6) is 5.75 Å². The van der Waals surface area contributed by atoms with E-state index in [0.717, 1.165) is 41.7 Å². The van der Waals surface area contributed by atoms with E-state index < -0.39 is 0 Å². The summed E-state index contributed by atoms with van der Waals surface area (Å²) in [7, 11) is 7.61. The topological polar surface area (TPSA) is 102 Å². The van der Waals surface area contributed by atoms with Crippen LogP contribution >= 0.6 is 0 Å². The van der Waals surface area contributed by atoms with Crippen molar-refractivity contribution in [3.63, 3.8) is 0 Å². The quantitative estimate of drug-likeness (QED) is 0.302. The van der Waals surface area contributed by atoms with E-state index in [2.05, 4.69) is 31.9 Å². The first-order valence-electron chi connectivity index (χ1n) is 11.8. The van der Waals surface area contributed by atoms with Gasteiger partial charge in [-0.1, -0.05) is 18.2 Å². The van der Waals surface area contributed by atoms with Crippen molar-refractivity contribution < 1.29 is 9.66 Å². The van der Waals surface area contributed by atoms with Crippen LogP contribution in [-0.2, 0) is 7.05 Å². The summed E-state index contributed by atoms with van der Waals surface area (Å²) in [6, 6.07) is 13.6. The van der Waals surface area contributed by atoms with E-state index in [1.807, 2.05) is 50.4 Å². The maximum Gasteiger partial charge on any atom is 0.294 e. The third-order valence-electron chi connectivity index (χ3n) is 6.80. The van der Waals surface area contributed by atoms with Gasteiger partial charge in [0.1, 0.15) is 11.4 Å². The lowest BCUT2D eigenvalue weighted by atomic mass is 10.1.